The molecule has 0 radical (unpaired) electrons. The van der Waals surface area contributed by atoms with E-state index < -0.39 is 11.9 Å². The first-order valence-corrected chi connectivity index (χ1v) is 11.8. The van der Waals surface area contributed by atoms with Gasteiger partial charge in [0.25, 0.3) is 5.91 Å². The summed E-state index contributed by atoms with van der Waals surface area (Å²) < 4.78 is 15.2. The molecule has 3 N–H and O–H groups in total. The van der Waals surface area contributed by atoms with Crippen molar-refractivity contribution < 1.29 is 14.3 Å². The smallest absolute Gasteiger partial charge is 0.326 e. The number of amides is 1. The van der Waals surface area contributed by atoms with E-state index in [9.17, 15) is 19.1 Å². The Morgan fingerprint density at radius 3 is 2.85 bits per heavy atom. The molecule has 2 aliphatic rings. The summed E-state index contributed by atoms with van der Waals surface area (Å²) in [6.45, 7) is 0.550. The monoisotopic (exact) mass is 481 g/mol. The molecular formula is C22H20FN7O3S. The topological polar surface area (TPSA) is 132 Å². The number of aromatic hydroxyl groups is 1. The second-order valence-electron chi connectivity index (χ2n) is 8.48. The largest absolute Gasteiger partial charge is 0.493 e. The number of hydrogen-bond donors (Lipinski definition) is 3. The Hall–Kier alpha value is -3.80. The van der Waals surface area contributed by atoms with Gasteiger partial charge in [-0.15, -0.1) is 11.3 Å². The lowest BCUT2D eigenvalue weighted by molar-refractivity contribution is 0.0787. The molecule has 10 nitrogen and oxygen atoms in total. The first-order chi connectivity index (χ1) is 16.4. The van der Waals surface area contributed by atoms with Crippen molar-refractivity contribution in [2.75, 3.05) is 13.1 Å². The van der Waals surface area contributed by atoms with Crippen LogP contribution in [-0.4, -0.2) is 65.8 Å². The zero-order chi connectivity index (χ0) is 23.4. The second kappa shape index (κ2) is 7.90. The number of halogens is 1. The third-order valence-electron chi connectivity index (χ3n) is 5.86. The number of rotatable bonds is 4. The van der Waals surface area contributed by atoms with Gasteiger partial charge in [-0.25, -0.2) is 14.2 Å². The average molecular weight is 482 g/mol. The zero-order valence-electron chi connectivity index (χ0n) is 17.9. The molecule has 6 rings (SSSR count). The number of nitrogens with zero attached hydrogens (tertiary/aromatic N) is 5. The molecular weight excluding hydrogens is 461 g/mol. The van der Waals surface area contributed by atoms with E-state index in [-0.39, 0.29) is 30.1 Å². The highest BCUT2D eigenvalue weighted by Crippen LogP contribution is 2.28. The minimum absolute atomic E-state index is 0.129. The number of hydrogen-bond acceptors (Lipinski definition) is 7. The molecule has 1 atom stereocenters. The number of fused-ring (bicyclic) bond motifs is 1. The summed E-state index contributed by atoms with van der Waals surface area (Å²) in [5.41, 5.74) is 1.46. The second-order valence-corrected chi connectivity index (χ2v) is 9.57. The number of aromatic amines is 2. The number of likely N-dealkylation sites (tertiary alicyclic amines) is 1. The Balaban J connectivity index is 1.46. The quantitative estimate of drug-likeness (QED) is 0.400. The van der Waals surface area contributed by atoms with Gasteiger partial charge in [0.2, 0.25) is 5.88 Å². The SMILES string of the molecule is O=C(c1ccc(-c2cc(=NC3CC3)n3ncc(=Cc4[nH]c(=O)[nH]c4O)c3n2)s1)N1CCC(F)C1. The van der Waals surface area contributed by atoms with Gasteiger partial charge in [0.05, 0.1) is 34.2 Å². The molecule has 0 bridgehead atoms. The van der Waals surface area contributed by atoms with Gasteiger partial charge < -0.3 is 15.0 Å². The molecule has 174 valence electrons. The predicted octanol–water partition coefficient (Wildman–Crippen LogP) is 0.975. The van der Waals surface area contributed by atoms with E-state index in [0.29, 0.717) is 39.9 Å². The van der Waals surface area contributed by atoms with Crippen LogP contribution in [0.5, 0.6) is 5.88 Å². The van der Waals surface area contributed by atoms with Crippen molar-refractivity contribution in [2.45, 2.75) is 31.5 Å². The Morgan fingerprint density at radius 2 is 2.15 bits per heavy atom. The fourth-order valence-corrected chi connectivity index (χ4v) is 4.91. The molecule has 4 aromatic rings. The fraction of sp³-hybridized carbons (Fsp3) is 0.318. The van der Waals surface area contributed by atoms with Gasteiger partial charge in [0.1, 0.15) is 11.9 Å². The molecule has 4 aromatic heterocycles. The van der Waals surface area contributed by atoms with Crippen molar-refractivity contribution in [3.8, 4) is 16.5 Å². The molecule has 1 saturated carbocycles. The maximum atomic E-state index is 13.6. The lowest BCUT2D eigenvalue weighted by atomic mass is 10.3. The highest BCUT2D eigenvalue weighted by atomic mass is 32.1. The van der Waals surface area contributed by atoms with Gasteiger partial charge in [0.15, 0.2) is 11.1 Å². The van der Waals surface area contributed by atoms with Gasteiger partial charge in [0, 0.05) is 17.8 Å². The van der Waals surface area contributed by atoms with E-state index in [1.807, 2.05) is 12.1 Å². The molecule has 1 aliphatic carbocycles. The Morgan fingerprint density at radius 1 is 1.29 bits per heavy atom. The number of aromatic nitrogens is 5. The van der Waals surface area contributed by atoms with E-state index in [1.165, 1.54) is 11.3 Å². The maximum absolute atomic E-state index is 13.6. The first kappa shape index (κ1) is 20.8. The van der Waals surface area contributed by atoms with E-state index >= 15 is 0 Å². The number of thiophene rings is 1. The third-order valence-corrected chi connectivity index (χ3v) is 6.96. The maximum Gasteiger partial charge on any atom is 0.326 e. The minimum atomic E-state index is -0.968. The Bertz CT molecular complexity index is 1600. The van der Waals surface area contributed by atoms with Crippen LogP contribution in [0.3, 0.4) is 0 Å². The molecule has 1 amide bonds. The average Bonchev–Trinajstić information content (AvgIpc) is 3.18. The number of imidazole rings is 1. The van der Waals surface area contributed by atoms with Crippen LogP contribution >= 0.6 is 11.3 Å². The summed E-state index contributed by atoms with van der Waals surface area (Å²) in [5.74, 6) is -0.451. The molecule has 1 aliphatic heterocycles. The molecule has 2 fully saturated rings. The number of H-pyrrole nitrogens is 2. The minimum Gasteiger partial charge on any atom is -0.493 e. The van der Waals surface area contributed by atoms with Gasteiger partial charge in [-0.1, -0.05) is 0 Å². The van der Waals surface area contributed by atoms with Crippen LogP contribution in [0.15, 0.2) is 34.2 Å². The summed E-state index contributed by atoms with van der Waals surface area (Å²) in [5, 5.41) is 14.9. The van der Waals surface area contributed by atoms with E-state index in [2.05, 4.69) is 15.1 Å². The standard InChI is InChI=1S/C22H20FN7O3S/c23-12-5-6-29(10-12)21(32)17-4-3-16(34-17)14-8-18(25-13-1-2-13)30-19(26-14)11(9-24-30)7-15-20(31)28-22(33)27-15/h3-4,7-9,12-13,31H,1-2,5-6,10H2,(H2,27,28,33). The van der Waals surface area contributed by atoms with Crippen LogP contribution in [0.4, 0.5) is 4.39 Å². The summed E-state index contributed by atoms with van der Waals surface area (Å²) in [6, 6.07) is 5.65. The van der Waals surface area contributed by atoms with Gasteiger partial charge in [-0.2, -0.15) is 9.61 Å². The number of alkyl halides is 1. The first-order valence-electron chi connectivity index (χ1n) is 10.9. The summed E-state index contributed by atoms with van der Waals surface area (Å²) in [6.07, 6.45) is 4.60. The molecule has 0 spiro atoms. The van der Waals surface area contributed by atoms with Crippen molar-refractivity contribution in [1.29, 1.82) is 0 Å². The van der Waals surface area contributed by atoms with Crippen molar-refractivity contribution in [2.24, 2.45) is 4.99 Å². The molecule has 0 aromatic carbocycles. The van der Waals surface area contributed by atoms with Crippen LogP contribution in [-0.2, 0) is 0 Å². The molecule has 1 saturated heterocycles. The van der Waals surface area contributed by atoms with Crippen LogP contribution in [0.2, 0.25) is 0 Å². The summed E-state index contributed by atoms with van der Waals surface area (Å²) >= 11 is 1.30. The van der Waals surface area contributed by atoms with Crippen LogP contribution in [0.1, 0.15) is 34.6 Å². The van der Waals surface area contributed by atoms with Gasteiger partial charge in [-0.3, -0.25) is 14.8 Å². The third kappa shape index (κ3) is 3.79. The van der Waals surface area contributed by atoms with Crippen molar-refractivity contribution in [3.63, 3.8) is 0 Å². The summed E-state index contributed by atoms with van der Waals surface area (Å²) in [4.78, 5) is 41.4. The Labute approximate surface area is 195 Å². The summed E-state index contributed by atoms with van der Waals surface area (Å²) in [7, 11) is 0. The highest BCUT2D eigenvalue weighted by molar-refractivity contribution is 7.17. The van der Waals surface area contributed by atoms with Crippen molar-refractivity contribution in [3.05, 3.63) is 56.2 Å². The van der Waals surface area contributed by atoms with Crippen molar-refractivity contribution in [1.82, 2.24) is 29.5 Å². The molecule has 34 heavy (non-hydrogen) atoms. The van der Waals surface area contributed by atoms with Gasteiger partial charge in [-0.05, 0) is 37.5 Å². The van der Waals surface area contributed by atoms with Crippen LogP contribution < -0.4 is 16.4 Å². The lowest BCUT2D eigenvalue weighted by Gasteiger charge is -2.13. The molecule has 1 unspecified atom stereocenters. The number of carbonyl (C=O) groups excluding carboxylic acids is 1. The predicted molar refractivity (Wildman–Crippen MR) is 122 cm³/mol. The molecule has 12 heteroatoms. The van der Waals surface area contributed by atoms with Crippen LogP contribution in [0.25, 0.3) is 22.3 Å². The highest BCUT2D eigenvalue weighted by Gasteiger charge is 2.27. The van der Waals surface area contributed by atoms with Gasteiger partial charge >= 0.3 is 5.69 Å². The Kier molecular flexibility index (Phi) is 4.83. The number of nitrogens with one attached hydrogen (secondary N) is 2. The fourth-order valence-electron chi connectivity index (χ4n) is 3.97. The van der Waals surface area contributed by atoms with E-state index in [4.69, 9.17) is 9.98 Å². The van der Waals surface area contributed by atoms with E-state index in [0.717, 1.165) is 17.7 Å². The molecule has 5 heterocycles. The zero-order valence-corrected chi connectivity index (χ0v) is 18.7. The number of carbonyl (C=O) groups is 1. The van der Waals surface area contributed by atoms with Crippen LogP contribution in [0, 0.1) is 0 Å². The van der Waals surface area contributed by atoms with Crippen molar-refractivity contribution >= 4 is 29.0 Å². The lowest BCUT2D eigenvalue weighted by Crippen LogP contribution is -2.28. The normalized spacial score (nSPS) is 19.6. The van der Waals surface area contributed by atoms with E-state index in [1.54, 1.807) is 27.8 Å².